The second kappa shape index (κ2) is 4.93. The fourth-order valence-corrected chi connectivity index (χ4v) is 3.75. The van der Waals surface area contributed by atoms with Gasteiger partial charge >= 0.3 is 0 Å². The van der Waals surface area contributed by atoms with Crippen molar-refractivity contribution in [2.24, 2.45) is 5.92 Å². The standard InChI is InChI=1S/C16H22O2/c1-17-13-7-5-11-3-4-12-6-8-14(18-2)10-16(12)15(11)9-13/h5,7,9,12,14,16H,3-4,6,8,10H2,1-2H3. The largest absolute Gasteiger partial charge is 0.497 e. The van der Waals surface area contributed by atoms with E-state index in [2.05, 4.69) is 18.2 Å². The Labute approximate surface area is 109 Å². The lowest BCUT2D eigenvalue weighted by molar-refractivity contribution is 0.0427. The van der Waals surface area contributed by atoms with Crippen LogP contribution in [-0.2, 0) is 11.2 Å². The van der Waals surface area contributed by atoms with Gasteiger partial charge in [0, 0.05) is 7.11 Å². The van der Waals surface area contributed by atoms with E-state index in [1.54, 1.807) is 7.11 Å². The van der Waals surface area contributed by atoms with E-state index in [0.717, 1.165) is 11.7 Å². The molecule has 1 aromatic carbocycles. The lowest BCUT2D eigenvalue weighted by Gasteiger charge is -2.40. The Morgan fingerprint density at radius 3 is 2.78 bits per heavy atom. The molecule has 2 aliphatic rings. The van der Waals surface area contributed by atoms with Crippen molar-refractivity contribution in [2.45, 2.75) is 44.1 Å². The van der Waals surface area contributed by atoms with Crippen molar-refractivity contribution in [3.05, 3.63) is 29.3 Å². The van der Waals surface area contributed by atoms with Gasteiger partial charge in [-0.3, -0.25) is 0 Å². The van der Waals surface area contributed by atoms with Crippen LogP contribution < -0.4 is 4.74 Å². The highest BCUT2D eigenvalue weighted by Gasteiger charge is 2.35. The molecule has 0 N–H and O–H groups in total. The van der Waals surface area contributed by atoms with Gasteiger partial charge in [0.15, 0.2) is 0 Å². The van der Waals surface area contributed by atoms with E-state index < -0.39 is 0 Å². The summed E-state index contributed by atoms with van der Waals surface area (Å²) in [7, 11) is 3.60. The zero-order valence-electron chi connectivity index (χ0n) is 11.3. The van der Waals surface area contributed by atoms with Crippen LogP contribution in [0, 0.1) is 5.92 Å². The number of aryl methyl sites for hydroxylation is 1. The molecule has 3 rings (SSSR count). The summed E-state index contributed by atoms with van der Waals surface area (Å²) in [5, 5.41) is 0. The molecule has 2 aliphatic carbocycles. The molecule has 1 aromatic rings. The van der Waals surface area contributed by atoms with Crippen LogP contribution in [0.25, 0.3) is 0 Å². The van der Waals surface area contributed by atoms with Crippen LogP contribution in [0.2, 0.25) is 0 Å². The molecule has 0 aromatic heterocycles. The van der Waals surface area contributed by atoms with Crippen molar-refractivity contribution >= 4 is 0 Å². The first kappa shape index (κ1) is 12.0. The van der Waals surface area contributed by atoms with E-state index in [9.17, 15) is 0 Å². The molecule has 18 heavy (non-hydrogen) atoms. The van der Waals surface area contributed by atoms with Gasteiger partial charge in [0.25, 0.3) is 0 Å². The maximum absolute atomic E-state index is 5.58. The molecule has 2 heteroatoms. The van der Waals surface area contributed by atoms with E-state index in [4.69, 9.17) is 9.47 Å². The predicted molar refractivity (Wildman–Crippen MR) is 72.2 cm³/mol. The second-order valence-electron chi connectivity index (χ2n) is 5.64. The molecule has 0 heterocycles. The summed E-state index contributed by atoms with van der Waals surface area (Å²) in [4.78, 5) is 0. The summed E-state index contributed by atoms with van der Waals surface area (Å²) in [5.74, 6) is 2.53. The number of hydrogen-bond acceptors (Lipinski definition) is 2. The van der Waals surface area contributed by atoms with Crippen LogP contribution >= 0.6 is 0 Å². The maximum atomic E-state index is 5.58. The SMILES string of the molecule is COc1ccc2c(c1)C1CC(OC)CCC1CC2. The van der Waals surface area contributed by atoms with E-state index >= 15 is 0 Å². The molecule has 98 valence electrons. The molecule has 2 nitrogen and oxygen atoms in total. The van der Waals surface area contributed by atoms with E-state index in [1.165, 1.54) is 43.2 Å². The summed E-state index contributed by atoms with van der Waals surface area (Å²) < 4.78 is 11.0. The molecule has 0 bridgehead atoms. The van der Waals surface area contributed by atoms with Crippen molar-refractivity contribution in [1.29, 1.82) is 0 Å². The van der Waals surface area contributed by atoms with Crippen LogP contribution in [0.15, 0.2) is 18.2 Å². The molecule has 1 fully saturated rings. The molecule has 3 unspecified atom stereocenters. The van der Waals surface area contributed by atoms with Crippen LogP contribution in [-0.4, -0.2) is 20.3 Å². The van der Waals surface area contributed by atoms with Gasteiger partial charge in [0.1, 0.15) is 5.75 Å². The Morgan fingerprint density at radius 2 is 2.00 bits per heavy atom. The zero-order chi connectivity index (χ0) is 12.5. The van der Waals surface area contributed by atoms with Gasteiger partial charge in [-0.25, -0.2) is 0 Å². The van der Waals surface area contributed by atoms with Gasteiger partial charge < -0.3 is 9.47 Å². The number of rotatable bonds is 2. The highest BCUT2D eigenvalue weighted by Crippen LogP contribution is 2.46. The van der Waals surface area contributed by atoms with Crippen LogP contribution in [0.1, 0.15) is 42.7 Å². The molecule has 0 radical (unpaired) electrons. The fourth-order valence-electron chi connectivity index (χ4n) is 3.75. The van der Waals surface area contributed by atoms with Crippen LogP contribution in [0.3, 0.4) is 0 Å². The van der Waals surface area contributed by atoms with E-state index in [0.29, 0.717) is 12.0 Å². The lowest BCUT2D eigenvalue weighted by atomic mass is 9.67. The predicted octanol–water partition coefficient (Wildman–Crippen LogP) is 3.54. The summed E-state index contributed by atoms with van der Waals surface area (Å²) >= 11 is 0. The van der Waals surface area contributed by atoms with Crippen LogP contribution in [0.5, 0.6) is 5.75 Å². The Kier molecular flexibility index (Phi) is 3.29. The van der Waals surface area contributed by atoms with Gasteiger partial charge in [0.2, 0.25) is 0 Å². The van der Waals surface area contributed by atoms with E-state index in [1.807, 2.05) is 7.11 Å². The third-order valence-electron chi connectivity index (χ3n) is 4.82. The lowest BCUT2D eigenvalue weighted by Crippen LogP contribution is -2.31. The third-order valence-corrected chi connectivity index (χ3v) is 4.82. The molecule has 1 saturated carbocycles. The minimum Gasteiger partial charge on any atom is -0.497 e. The van der Waals surface area contributed by atoms with Crippen molar-refractivity contribution in [3.8, 4) is 5.75 Å². The zero-order valence-corrected chi connectivity index (χ0v) is 11.3. The van der Waals surface area contributed by atoms with E-state index in [-0.39, 0.29) is 0 Å². The highest BCUT2D eigenvalue weighted by atomic mass is 16.5. The number of benzene rings is 1. The van der Waals surface area contributed by atoms with Gasteiger partial charge in [-0.15, -0.1) is 0 Å². The van der Waals surface area contributed by atoms with Crippen molar-refractivity contribution in [3.63, 3.8) is 0 Å². The number of methoxy groups -OCH3 is 2. The Balaban J connectivity index is 1.93. The minimum absolute atomic E-state index is 0.448. The van der Waals surface area contributed by atoms with Gasteiger partial charge in [0.05, 0.1) is 13.2 Å². The summed E-state index contributed by atoms with van der Waals surface area (Å²) in [6, 6.07) is 6.60. The minimum atomic E-state index is 0.448. The van der Waals surface area contributed by atoms with Gasteiger partial charge in [-0.2, -0.15) is 0 Å². The molecular formula is C16H22O2. The third kappa shape index (κ3) is 2.03. The topological polar surface area (TPSA) is 18.5 Å². The summed E-state index contributed by atoms with van der Waals surface area (Å²) in [5.41, 5.74) is 3.04. The second-order valence-corrected chi connectivity index (χ2v) is 5.64. The van der Waals surface area contributed by atoms with Crippen molar-refractivity contribution < 1.29 is 9.47 Å². The van der Waals surface area contributed by atoms with Crippen molar-refractivity contribution in [1.82, 2.24) is 0 Å². The Morgan fingerprint density at radius 1 is 1.11 bits per heavy atom. The highest BCUT2D eigenvalue weighted by molar-refractivity contribution is 5.40. The fraction of sp³-hybridized carbons (Fsp3) is 0.625. The first-order valence-electron chi connectivity index (χ1n) is 7.01. The molecule has 0 aliphatic heterocycles. The average Bonchev–Trinajstić information content (AvgIpc) is 2.45. The normalized spacial score (nSPS) is 30.4. The smallest absolute Gasteiger partial charge is 0.119 e. The van der Waals surface area contributed by atoms with Crippen LogP contribution in [0.4, 0.5) is 0 Å². The molecule has 0 amide bonds. The van der Waals surface area contributed by atoms with Gasteiger partial charge in [-0.05, 0) is 67.2 Å². The first-order valence-corrected chi connectivity index (χ1v) is 7.01. The van der Waals surface area contributed by atoms with Gasteiger partial charge in [-0.1, -0.05) is 6.07 Å². The first-order chi connectivity index (χ1) is 8.81. The molecular weight excluding hydrogens is 224 g/mol. The quantitative estimate of drug-likeness (QED) is 0.794. The average molecular weight is 246 g/mol. The number of ether oxygens (including phenoxy) is 2. The Bertz CT molecular complexity index is 427. The Hall–Kier alpha value is -1.02. The molecule has 0 saturated heterocycles. The molecule has 3 atom stereocenters. The monoisotopic (exact) mass is 246 g/mol. The molecule has 0 spiro atoms. The summed E-state index contributed by atoms with van der Waals surface area (Å²) in [6.07, 6.45) is 6.76. The van der Waals surface area contributed by atoms with Crippen molar-refractivity contribution in [2.75, 3.05) is 14.2 Å². The number of fused-ring (bicyclic) bond motifs is 3. The maximum Gasteiger partial charge on any atom is 0.119 e. The summed E-state index contributed by atoms with van der Waals surface area (Å²) in [6.45, 7) is 0. The number of hydrogen-bond donors (Lipinski definition) is 0.